The molecule has 0 radical (unpaired) electrons. The van der Waals surface area contributed by atoms with Crippen LogP contribution in [0.3, 0.4) is 0 Å². The first-order chi connectivity index (χ1) is 59.8. The highest BCUT2D eigenvalue weighted by atomic mass is 15.0. The summed E-state index contributed by atoms with van der Waals surface area (Å²) in [5.74, 6) is 3.67. The van der Waals surface area contributed by atoms with E-state index in [1.807, 2.05) is 24.3 Å². The quantitative estimate of drug-likeness (QED) is 0.108. The maximum absolute atomic E-state index is 5.57. The van der Waals surface area contributed by atoms with Crippen molar-refractivity contribution in [2.24, 2.45) is 0 Å². The van der Waals surface area contributed by atoms with Gasteiger partial charge in [-0.3, -0.25) is 0 Å². The summed E-state index contributed by atoms with van der Waals surface area (Å²) in [6.45, 7) is 2.38. The zero-order valence-corrected chi connectivity index (χ0v) is 66.4. The number of aromatic nitrogens is 6. The summed E-state index contributed by atoms with van der Waals surface area (Å²) in [5.41, 5.74) is 29.8. The normalized spacial score (nSPS) is 15.0. The highest BCUT2D eigenvalue weighted by Gasteiger charge is 2.48. The fraction of sp³-hybridized carbons (Fsp3) is 0.0435. The largest absolute Gasteiger partial charge is 0.208 e. The predicted octanol–water partition coefficient (Wildman–Crippen LogP) is 28.8. The fourth-order valence-electron chi connectivity index (χ4n) is 19.7. The molecule has 2 unspecified atom stereocenters. The van der Waals surface area contributed by atoms with Gasteiger partial charge in [0.05, 0.1) is 5.41 Å². The minimum absolute atomic E-state index is 0.295. The third-order valence-electron chi connectivity index (χ3n) is 25.5. The van der Waals surface area contributed by atoms with Crippen LogP contribution in [0.5, 0.6) is 0 Å². The third-order valence-corrected chi connectivity index (χ3v) is 25.5. The molecule has 0 aliphatic heterocycles. The van der Waals surface area contributed by atoms with Gasteiger partial charge in [-0.2, -0.15) is 0 Å². The SMILES string of the molecule is CC1(c2ccccc2)c2ccccc2-c2c(-c3ccc4cc(-c5nc(-c6ccccc6)nc(-c6cc(C7=CCCC=C7)cc7cc(-c8ccccc8C8(c9ccccc9)c9ccccc9-c9c(-c%10ccc%11cc(-c%12nc(-c%13ccccc%13)nc(-c%13cc(-c%14ccccc%14)cc%14ccccc%13%14)n%12)ccc%11c%10)cccc98)ccc67)n5)ccc4c3)cccc21. The van der Waals surface area contributed by atoms with E-state index in [9.17, 15) is 0 Å². The molecule has 0 N–H and O–H groups in total. The number of nitrogens with zero attached hydrogens (tertiary/aromatic N) is 6. The van der Waals surface area contributed by atoms with Crippen molar-refractivity contribution in [3.8, 4) is 135 Å². The molecule has 6 nitrogen and oxygen atoms in total. The van der Waals surface area contributed by atoms with Crippen LogP contribution in [-0.2, 0) is 10.8 Å². The molecule has 121 heavy (non-hydrogen) atoms. The Morgan fingerprint density at radius 3 is 1.17 bits per heavy atom. The van der Waals surface area contributed by atoms with Crippen molar-refractivity contribution in [1.29, 1.82) is 0 Å². The second-order valence-electron chi connectivity index (χ2n) is 32.3. The third kappa shape index (κ3) is 11.9. The summed E-state index contributed by atoms with van der Waals surface area (Å²) in [6.07, 6.45) is 8.90. The summed E-state index contributed by atoms with van der Waals surface area (Å²) < 4.78 is 0. The van der Waals surface area contributed by atoms with Crippen LogP contribution in [0, 0.1) is 0 Å². The van der Waals surface area contributed by atoms with Gasteiger partial charge in [-0.05, 0) is 234 Å². The smallest absolute Gasteiger partial charge is 0.164 e. The first-order valence-corrected chi connectivity index (χ1v) is 41.8. The molecule has 2 aromatic heterocycles. The van der Waals surface area contributed by atoms with Crippen molar-refractivity contribution in [3.63, 3.8) is 0 Å². The molecule has 0 saturated heterocycles. The Hall–Kier alpha value is -15.5. The average Bonchev–Trinajstić information content (AvgIpc) is 1.54. The summed E-state index contributed by atoms with van der Waals surface area (Å²) >= 11 is 0. The minimum atomic E-state index is -0.747. The maximum Gasteiger partial charge on any atom is 0.164 e. The van der Waals surface area contributed by atoms with E-state index >= 15 is 0 Å². The molecule has 20 aromatic rings. The van der Waals surface area contributed by atoms with E-state index in [2.05, 4.69) is 401 Å². The molecule has 18 aromatic carbocycles. The molecule has 0 fully saturated rings. The molecule has 2 heterocycles. The Balaban J connectivity index is 0.630. The van der Waals surface area contributed by atoms with Crippen LogP contribution in [-0.4, -0.2) is 29.9 Å². The Morgan fingerprint density at radius 2 is 0.595 bits per heavy atom. The van der Waals surface area contributed by atoms with E-state index in [4.69, 9.17) is 29.9 Å². The Labute approximate surface area is 702 Å². The van der Waals surface area contributed by atoms with Crippen molar-refractivity contribution < 1.29 is 0 Å². The highest BCUT2D eigenvalue weighted by molar-refractivity contribution is 6.05. The van der Waals surface area contributed by atoms with Gasteiger partial charge in [0.25, 0.3) is 0 Å². The van der Waals surface area contributed by atoms with Gasteiger partial charge >= 0.3 is 0 Å². The van der Waals surface area contributed by atoms with Gasteiger partial charge in [0.15, 0.2) is 34.9 Å². The molecule has 23 rings (SSSR count). The number of benzene rings is 18. The van der Waals surface area contributed by atoms with Crippen LogP contribution in [0.15, 0.2) is 419 Å². The van der Waals surface area contributed by atoms with Gasteiger partial charge in [-0.1, -0.05) is 364 Å². The summed E-state index contributed by atoms with van der Waals surface area (Å²) in [4.78, 5) is 32.3. The molecule has 0 bridgehead atoms. The van der Waals surface area contributed by atoms with Gasteiger partial charge in [-0.25, -0.2) is 29.9 Å². The number of allylic oxidation sites excluding steroid dienone is 4. The summed E-state index contributed by atoms with van der Waals surface area (Å²) in [6, 6.07) is 146. The van der Waals surface area contributed by atoms with Crippen LogP contribution in [0.4, 0.5) is 0 Å². The van der Waals surface area contributed by atoms with E-state index in [0.717, 1.165) is 123 Å². The Bertz CT molecular complexity index is 7650. The van der Waals surface area contributed by atoms with Gasteiger partial charge < -0.3 is 0 Å². The van der Waals surface area contributed by atoms with Crippen molar-refractivity contribution in [1.82, 2.24) is 29.9 Å². The molecule has 6 heteroatoms. The Kier molecular flexibility index (Phi) is 17.0. The molecule has 0 spiro atoms. The standard InChI is InChI=1S/C115H76N6/c1-114(90-39-16-6-17-40-90)101-49-25-23-45-97(101)106-95(47-28-52-104(106)114)83-58-54-79-66-86(60-56-77(79)64-83)111-117-109(76-36-14-5-15-37-76)119-113(121-111)100-72-88(74-32-10-3-11-33-74)70-89-69-82(62-63-93(89)100)94-44-22-26-50-102(94)115(91-41-18-7-19-42-91)103-51-27-24-46-98(103)107-96(48-29-53-105(107)115)84-59-55-80-67-85(61-57-78(80)65-84)110-116-108(75-34-12-4-13-35-75)118-112(120-110)99-71-87(73-30-8-2-9-31-73)68-81-38-20-21-43-92(81)99/h2,4-10,12-72H,3,11H2,1H3. The van der Waals surface area contributed by atoms with Gasteiger partial charge in [-0.15, -0.1) is 0 Å². The first kappa shape index (κ1) is 70.9. The van der Waals surface area contributed by atoms with Gasteiger partial charge in [0, 0.05) is 38.8 Å². The van der Waals surface area contributed by atoms with Crippen molar-refractivity contribution in [2.45, 2.75) is 30.6 Å². The predicted molar refractivity (Wildman–Crippen MR) is 499 cm³/mol. The van der Waals surface area contributed by atoms with E-state index in [1.165, 1.54) is 83.5 Å². The topological polar surface area (TPSA) is 77.3 Å². The van der Waals surface area contributed by atoms with Crippen LogP contribution in [0.2, 0.25) is 0 Å². The van der Waals surface area contributed by atoms with Crippen LogP contribution in [0.1, 0.15) is 64.3 Å². The molecule has 0 amide bonds. The minimum Gasteiger partial charge on any atom is -0.208 e. The lowest BCUT2D eigenvalue weighted by Gasteiger charge is -2.35. The summed E-state index contributed by atoms with van der Waals surface area (Å²) in [7, 11) is 0. The first-order valence-electron chi connectivity index (χ1n) is 41.8. The molecular formula is C115H76N6. The zero-order chi connectivity index (χ0) is 80.1. The van der Waals surface area contributed by atoms with Crippen molar-refractivity contribution >= 4 is 48.7 Å². The van der Waals surface area contributed by atoms with Crippen LogP contribution < -0.4 is 0 Å². The van der Waals surface area contributed by atoms with Gasteiger partial charge in [0.1, 0.15) is 0 Å². The Morgan fingerprint density at radius 1 is 0.215 bits per heavy atom. The second-order valence-corrected chi connectivity index (χ2v) is 32.3. The molecule has 2 atom stereocenters. The molecule has 3 aliphatic carbocycles. The molecule has 566 valence electrons. The van der Waals surface area contributed by atoms with E-state index < -0.39 is 5.41 Å². The van der Waals surface area contributed by atoms with E-state index in [-0.39, 0.29) is 5.41 Å². The van der Waals surface area contributed by atoms with Crippen LogP contribution >= 0.6 is 0 Å². The molecule has 3 aliphatic rings. The number of rotatable bonds is 14. The summed E-state index contributed by atoms with van der Waals surface area (Å²) in [5, 5.41) is 8.76. The highest BCUT2D eigenvalue weighted by Crippen LogP contribution is 2.61. The van der Waals surface area contributed by atoms with Crippen molar-refractivity contribution in [2.75, 3.05) is 0 Å². The zero-order valence-electron chi connectivity index (χ0n) is 66.4. The lowest BCUT2D eigenvalue weighted by atomic mass is 9.65. The lowest BCUT2D eigenvalue weighted by Crippen LogP contribution is -2.29. The monoisotopic (exact) mass is 1540 g/mol. The van der Waals surface area contributed by atoms with Crippen LogP contribution in [0.25, 0.3) is 184 Å². The van der Waals surface area contributed by atoms with Gasteiger partial charge in [0.2, 0.25) is 0 Å². The molecule has 0 saturated carbocycles. The number of hydrogen-bond donors (Lipinski definition) is 0. The van der Waals surface area contributed by atoms with E-state index in [1.54, 1.807) is 0 Å². The molecular weight excluding hydrogens is 1470 g/mol. The second kappa shape index (κ2) is 29.0. The fourth-order valence-corrected chi connectivity index (χ4v) is 19.7. The lowest BCUT2D eigenvalue weighted by molar-refractivity contribution is 0.714. The maximum atomic E-state index is 5.57. The average molecular weight is 1540 g/mol. The number of hydrogen-bond acceptors (Lipinski definition) is 6. The number of fused-ring (bicyclic) bond motifs is 10. The van der Waals surface area contributed by atoms with Crippen molar-refractivity contribution in [3.05, 3.63) is 463 Å². The van der Waals surface area contributed by atoms with E-state index in [0.29, 0.717) is 34.9 Å².